The molecule has 0 heterocycles. The number of hydrogen-bond acceptors (Lipinski definition) is 3. The van der Waals surface area contributed by atoms with Gasteiger partial charge in [0.05, 0.1) is 5.75 Å². The lowest BCUT2D eigenvalue weighted by Gasteiger charge is -2.02. The molecule has 0 atom stereocenters. The fourth-order valence-corrected chi connectivity index (χ4v) is 1.36. The van der Waals surface area contributed by atoms with Gasteiger partial charge in [-0.2, -0.15) is 0 Å². The highest BCUT2D eigenvalue weighted by Gasteiger charge is 2.02. The summed E-state index contributed by atoms with van der Waals surface area (Å²) >= 11 is 0. The summed E-state index contributed by atoms with van der Waals surface area (Å²) in [6.45, 7) is 2.28. The number of primary sulfonamides is 1. The second kappa shape index (κ2) is 5.93. The van der Waals surface area contributed by atoms with E-state index in [9.17, 15) is 13.2 Å². The minimum atomic E-state index is -3.39. The van der Waals surface area contributed by atoms with Crippen molar-refractivity contribution >= 4 is 15.9 Å². The van der Waals surface area contributed by atoms with E-state index >= 15 is 0 Å². The van der Waals surface area contributed by atoms with Crippen molar-refractivity contribution in [2.24, 2.45) is 5.14 Å². The molecule has 0 aliphatic carbocycles. The van der Waals surface area contributed by atoms with Crippen molar-refractivity contribution in [1.29, 1.82) is 0 Å². The Kier molecular flexibility index (Phi) is 5.65. The van der Waals surface area contributed by atoms with E-state index in [1.54, 1.807) is 0 Å². The molecule has 0 saturated heterocycles. The van der Waals surface area contributed by atoms with Crippen LogP contribution in [0.4, 0.5) is 0 Å². The molecule has 0 rings (SSSR count). The molecule has 0 fully saturated rings. The van der Waals surface area contributed by atoms with Gasteiger partial charge >= 0.3 is 0 Å². The van der Waals surface area contributed by atoms with Crippen LogP contribution in [0.3, 0.4) is 0 Å². The highest BCUT2D eigenvalue weighted by molar-refractivity contribution is 7.89. The molecule has 0 aromatic heterocycles. The van der Waals surface area contributed by atoms with Gasteiger partial charge in [0, 0.05) is 13.0 Å². The Bertz CT molecular complexity index is 248. The van der Waals surface area contributed by atoms with E-state index in [2.05, 4.69) is 5.32 Å². The molecule has 0 bridgehead atoms. The Morgan fingerprint density at radius 1 is 1.46 bits per heavy atom. The van der Waals surface area contributed by atoms with E-state index in [1.807, 2.05) is 6.92 Å². The van der Waals surface area contributed by atoms with Crippen molar-refractivity contribution in [2.45, 2.75) is 26.2 Å². The first kappa shape index (κ1) is 12.4. The maximum Gasteiger partial charge on any atom is 0.219 e. The van der Waals surface area contributed by atoms with Gasteiger partial charge in [0.25, 0.3) is 0 Å². The fourth-order valence-electron chi connectivity index (χ4n) is 0.817. The van der Waals surface area contributed by atoms with Gasteiger partial charge in [-0.25, -0.2) is 13.6 Å². The number of hydrogen-bond donors (Lipinski definition) is 2. The van der Waals surface area contributed by atoms with Crippen LogP contribution in [0.1, 0.15) is 26.2 Å². The molecule has 0 aliphatic heterocycles. The number of amides is 1. The van der Waals surface area contributed by atoms with Gasteiger partial charge < -0.3 is 5.32 Å². The largest absolute Gasteiger partial charge is 0.356 e. The Morgan fingerprint density at radius 3 is 2.54 bits per heavy atom. The van der Waals surface area contributed by atoms with Crippen LogP contribution in [0.2, 0.25) is 0 Å². The predicted molar refractivity (Wildman–Crippen MR) is 50.5 cm³/mol. The summed E-state index contributed by atoms with van der Waals surface area (Å²) in [5.41, 5.74) is 0. The van der Waals surface area contributed by atoms with Crippen molar-refractivity contribution in [3.63, 3.8) is 0 Å². The minimum absolute atomic E-state index is 0.0445. The molecule has 0 radical (unpaired) electrons. The summed E-state index contributed by atoms with van der Waals surface area (Å²) in [5, 5.41) is 7.37. The number of nitrogens with one attached hydrogen (secondary N) is 1. The average Bonchev–Trinajstić information content (AvgIpc) is 1.97. The molecule has 3 N–H and O–H groups in total. The summed E-state index contributed by atoms with van der Waals surface area (Å²) in [7, 11) is -3.39. The molecular weight excluding hydrogens is 192 g/mol. The molecule has 6 heteroatoms. The first-order valence-electron chi connectivity index (χ1n) is 4.23. The lowest BCUT2D eigenvalue weighted by atomic mass is 10.3. The summed E-state index contributed by atoms with van der Waals surface area (Å²) in [4.78, 5) is 10.9. The van der Waals surface area contributed by atoms with Gasteiger partial charge in [-0.05, 0) is 12.8 Å². The van der Waals surface area contributed by atoms with Crippen LogP contribution in [-0.2, 0) is 14.8 Å². The highest BCUT2D eigenvalue weighted by atomic mass is 32.2. The molecule has 13 heavy (non-hydrogen) atoms. The molecule has 0 aliphatic rings. The van der Waals surface area contributed by atoms with Crippen molar-refractivity contribution in [2.75, 3.05) is 12.3 Å². The lowest BCUT2D eigenvalue weighted by Crippen LogP contribution is -2.26. The van der Waals surface area contributed by atoms with E-state index in [0.29, 0.717) is 19.4 Å². The third-order valence-electron chi connectivity index (χ3n) is 1.40. The van der Waals surface area contributed by atoms with E-state index in [4.69, 9.17) is 5.14 Å². The van der Waals surface area contributed by atoms with Crippen molar-refractivity contribution in [3.8, 4) is 0 Å². The van der Waals surface area contributed by atoms with Crippen molar-refractivity contribution in [3.05, 3.63) is 0 Å². The normalized spacial score (nSPS) is 11.2. The molecule has 0 spiro atoms. The second-order valence-corrected chi connectivity index (χ2v) is 4.55. The van der Waals surface area contributed by atoms with Crippen LogP contribution < -0.4 is 10.5 Å². The first-order valence-corrected chi connectivity index (χ1v) is 5.94. The van der Waals surface area contributed by atoms with E-state index < -0.39 is 10.0 Å². The van der Waals surface area contributed by atoms with E-state index in [1.165, 1.54) is 0 Å². The maximum atomic E-state index is 10.9. The molecule has 5 nitrogen and oxygen atoms in total. The molecule has 1 amide bonds. The summed E-state index contributed by atoms with van der Waals surface area (Å²) in [6, 6.07) is 0. The highest BCUT2D eigenvalue weighted by Crippen LogP contribution is 1.87. The van der Waals surface area contributed by atoms with Crippen LogP contribution in [-0.4, -0.2) is 26.6 Å². The van der Waals surface area contributed by atoms with Crippen LogP contribution in [0.15, 0.2) is 0 Å². The van der Waals surface area contributed by atoms with Gasteiger partial charge in [-0.1, -0.05) is 6.92 Å². The minimum Gasteiger partial charge on any atom is -0.356 e. The van der Waals surface area contributed by atoms with Crippen molar-refractivity contribution < 1.29 is 13.2 Å². The zero-order chi connectivity index (χ0) is 10.3. The number of sulfonamides is 1. The topological polar surface area (TPSA) is 89.3 Å². The van der Waals surface area contributed by atoms with Gasteiger partial charge in [-0.3, -0.25) is 4.79 Å². The lowest BCUT2D eigenvalue weighted by molar-refractivity contribution is -0.121. The van der Waals surface area contributed by atoms with Crippen molar-refractivity contribution in [1.82, 2.24) is 5.32 Å². The number of carbonyl (C=O) groups excluding carboxylic acids is 1. The molecular formula is C7H16N2O3S. The maximum absolute atomic E-state index is 10.9. The van der Waals surface area contributed by atoms with Gasteiger partial charge in [0.1, 0.15) is 0 Å². The standard InChI is InChI=1S/C7H16N2O3S/c1-2-4-7(10)9-5-3-6-13(8,11)12/h2-6H2,1H3,(H,9,10)(H2,8,11,12). The molecule has 78 valence electrons. The molecule has 0 saturated carbocycles. The Morgan fingerprint density at radius 2 is 2.08 bits per heavy atom. The monoisotopic (exact) mass is 208 g/mol. The van der Waals surface area contributed by atoms with Gasteiger partial charge in [-0.15, -0.1) is 0 Å². The van der Waals surface area contributed by atoms with Gasteiger partial charge in [0.2, 0.25) is 15.9 Å². The van der Waals surface area contributed by atoms with Crippen LogP contribution in [0.5, 0.6) is 0 Å². The quantitative estimate of drug-likeness (QED) is 0.581. The Labute approximate surface area is 78.7 Å². The van der Waals surface area contributed by atoms with Crippen LogP contribution in [0.25, 0.3) is 0 Å². The van der Waals surface area contributed by atoms with Crippen LogP contribution >= 0.6 is 0 Å². The Hall–Kier alpha value is -0.620. The van der Waals surface area contributed by atoms with E-state index in [-0.39, 0.29) is 11.7 Å². The van der Waals surface area contributed by atoms with Crippen LogP contribution in [0, 0.1) is 0 Å². The third-order valence-corrected chi connectivity index (χ3v) is 2.26. The number of rotatable bonds is 6. The summed E-state index contributed by atoms with van der Waals surface area (Å²) in [6.07, 6.45) is 1.64. The SMILES string of the molecule is CCCC(=O)NCCCS(N)(=O)=O. The smallest absolute Gasteiger partial charge is 0.219 e. The number of nitrogens with two attached hydrogens (primary N) is 1. The second-order valence-electron chi connectivity index (χ2n) is 2.82. The molecule has 0 aromatic carbocycles. The third kappa shape index (κ3) is 9.29. The molecule has 0 aromatic rings. The summed E-state index contributed by atoms with van der Waals surface area (Å²) < 4.78 is 20.9. The average molecular weight is 208 g/mol. The summed E-state index contributed by atoms with van der Waals surface area (Å²) in [5.74, 6) is -0.128. The number of carbonyl (C=O) groups is 1. The predicted octanol–water partition coefficient (Wildman–Crippen LogP) is -0.419. The van der Waals surface area contributed by atoms with Gasteiger partial charge in [0.15, 0.2) is 0 Å². The fraction of sp³-hybridized carbons (Fsp3) is 0.857. The molecule has 0 unspecified atom stereocenters. The zero-order valence-corrected chi connectivity index (χ0v) is 8.56. The zero-order valence-electron chi connectivity index (χ0n) is 7.75. The Balaban J connectivity index is 3.41. The van der Waals surface area contributed by atoms with E-state index in [0.717, 1.165) is 6.42 Å². The first-order chi connectivity index (χ1) is 5.95.